The normalized spacial score (nSPS) is 13.2. The molecule has 9 nitrogen and oxygen atoms in total. The molecule has 2 N–H and O–H groups in total. The Morgan fingerprint density at radius 3 is 2.40 bits per heavy atom. The van der Waals surface area contributed by atoms with Crippen LogP contribution in [0.15, 0.2) is 50.8 Å². The minimum absolute atomic E-state index is 0.0241. The summed E-state index contributed by atoms with van der Waals surface area (Å²) in [6.07, 6.45) is -4.29. The second kappa shape index (κ2) is 7.91. The van der Waals surface area contributed by atoms with Crippen molar-refractivity contribution in [3.05, 3.63) is 42.4 Å². The van der Waals surface area contributed by atoms with Gasteiger partial charge >= 0.3 is 6.36 Å². The maximum Gasteiger partial charge on any atom is 0.573 e. The largest absolute Gasteiger partial charge is 0.573 e. The van der Waals surface area contributed by atoms with E-state index in [4.69, 9.17) is 15.0 Å². The van der Waals surface area contributed by atoms with Crippen molar-refractivity contribution in [3.8, 4) is 17.3 Å². The second-order valence-corrected chi connectivity index (χ2v) is 7.92. The Balaban J connectivity index is 1.89. The van der Waals surface area contributed by atoms with Gasteiger partial charge < -0.3 is 19.7 Å². The minimum Gasteiger partial charge on any atom is -0.406 e. The molecule has 0 spiro atoms. The Labute approximate surface area is 168 Å². The molecule has 160 valence electrons. The molecule has 0 aliphatic rings. The molecule has 13 heteroatoms. The fraction of sp³-hybridized carbons (Fsp3) is 0.235. The van der Waals surface area contributed by atoms with Crippen LogP contribution in [-0.4, -0.2) is 37.0 Å². The fourth-order valence-corrected chi connectivity index (χ4v) is 3.59. The first-order valence-electron chi connectivity index (χ1n) is 8.24. The van der Waals surface area contributed by atoms with Gasteiger partial charge in [-0.2, -0.15) is 4.98 Å². The molecule has 0 fully saturated rings. The van der Waals surface area contributed by atoms with E-state index in [1.165, 1.54) is 7.11 Å². The first-order chi connectivity index (χ1) is 14.0. The number of anilines is 1. The smallest absolute Gasteiger partial charge is 0.406 e. The van der Waals surface area contributed by atoms with E-state index in [-0.39, 0.29) is 32.9 Å². The lowest BCUT2D eigenvalue weighted by Crippen LogP contribution is -2.17. The number of sulfone groups is 1. The number of hydrogen-bond donors (Lipinski definition) is 1. The van der Waals surface area contributed by atoms with Gasteiger partial charge in [0.1, 0.15) is 11.9 Å². The quantitative estimate of drug-likeness (QED) is 0.609. The summed E-state index contributed by atoms with van der Waals surface area (Å²) in [5.41, 5.74) is 5.93. The van der Waals surface area contributed by atoms with E-state index in [0.717, 1.165) is 36.5 Å². The van der Waals surface area contributed by atoms with Gasteiger partial charge in [-0.1, -0.05) is 5.16 Å². The van der Waals surface area contributed by atoms with Crippen LogP contribution >= 0.6 is 0 Å². The molecule has 3 aromatic rings. The van der Waals surface area contributed by atoms with Crippen molar-refractivity contribution in [2.45, 2.75) is 29.2 Å². The molecule has 0 saturated carbocycles. The highest BCUT2D eigenvalue weighted by atomic mass is 32.2. The molecule has 1 unspecified atom stereocenters. The molecule has 1 atom stereocenters. The van der Waals surface area contributed by atoms with Gasteiger partial charge in [-0.3, -0.25) is 0 Å². The maximum absolute atomic E-state index is 12.7. The van der Waals surface area contributed by atoms with Gasteiger partial charge in [0.15, 0.2) is 5.69 Å². The molecular formula is C17H15F3N4O5S. The standard InChI is InChI=1S/C17H15F3N4O5S/c1-9(27-2)15-23-16(29-24-15)14-13(21)7-12(8-22-14)30(25,26)11-5-3-10(4-6-11)28-17(18,19)20/h3-9H,21H2,1-2H3. The number of nitrogen functional groups attached to an aromatic ring is 1. The number of hydrogen-bond acceptors (Lipinski definition) is 9. The van der Waals surface area contributed by atoms with E-state index in [1.807, 2.05) is 0 Å². The highest BCUT2D eigenvalue weighted by Crippen LogP contribution is 2.30. The van der Waals surface area contributed by atoms with Crippen LogP contribution in [0.25, 0.3) is 11.6 Å². The van der Waals surface area contributed by atoms with Crippen LogP contribution in [-0.2, 0) is 14.6 Å². The lowest BCUT2D eigenvalue weighted by Gasteiger charge is -2.10. The van der Waals surface area contributed by atoms with E-state index in [2.05, 4.69) is 19.9 Å². The average molecular weight is 444 g/mol. The van der Waals surface area contributed by atoms with E-state index in [1.54, 1.807) is 6.92 Å². The number of halogens is 3. The summed E-state index contributed by atoms with van der Waals surface area (Å²) in [5.74, 6) is -0.317. The van der Waals surface area contributed by atoms with Crippen LogP contribution in [0.2, 0.25) is 0 Å². The van der Waals surface area contributed by atoms with Crippen LogP contribution in [0.1, 0.15) is 18.9 Å². The lowest BCUT2D eigenvalue weighted by atomic mass is 10.3. The molecule has 0 amide bonds. The average Bonchev–Trinajstić information content (AvgIpc) is 3.16. The van der Waals surface area contributed by atoms with Crippen LogP contribution in [0, 0.1) is 0 Å². The monoisotopic (exact) mass is 444 g/mol. The maximum atomic E-state index is 12.7. The van der Waals surface area contributed by atoms with Crippen LogP contribution < -0.4 is 10.5 Å². The Morgan fingerprint density at radius 1 is 1.17 bits per heavy atom. The molecule has 2 aromatic heterocycles. The van der Waals surface area contributed by atoms with Gasteiger partial charge in [0, 0.05) is 13.3 Å². The van der Waals surface area contributed by atoms with E-state index in [0.29, 0.717) is 0 Å². The molecule has 0 aliphatic heterocycles. The Kier molecular flexibility index (Phi) is 5.67. The van der Waals surface area contributed by atoms with Crippen molar-refractivity contribution in [1.29, 1.82) is 0 Å². The lowest BCUT2D eigenvalue weighted by molar-refractivity contribution is -0.274. The summed E-state index contributed by atoms with van der Waals surface area (Å²) in [6.45, 7) is 1.70. The predicted octanol–water partition coefficient (Wildman–Crippen LogP) is 3.15. The number of nitrogens with zero attached hydrogens (tertiary/aromatic N) is 3. The number of ether oxygens (including phenoxy) is 2. The summed E-state index contributed by atoms with van der Waals surface area (Å²) in [4.78, 5) is 7.56. The van der Waals surface area contributed by atoms with Gasteiger partial charge in [-0.15, -0.1) is 13.2 Å². The van der Waals surface area contributed by atoms with Crippen molar-refractivity contribution in [1.82, 2.24) is 15.1 Å². The van der Waals surface area contributed by atoms with Gasteiger partial charge in [-0.05, 0) is 37.3 Å². The number of methoxy groups -OCH3 is 1. The second-order valence-electron chi connectivity index (χ2n) is 5.97. The van der Waals surface area contributed by atoms with E-state index in [9.17, 15) is 21.6 Å². The molecular weight excluding hydrogens is 429 g/mol. The SMILES string of the molecule is COC(C)c1noc(-c2ncc(S(=O)(=O)c3ccc(OC(F)(F)F)cc3)cc2N)n1. The zero-order valence-corrected chi connectivity index (χ0v) is 16.4. The van der Waals surface area contributed by atoms with Crippen molar-refractivity contribution in [2.24, 2.45) is 0 Å². The summed E-state index contributed by atoms with van der Waals surface area (Å²) < 4.78 is 76.1. The zero-order chi connectivity index (χ0) is 22.1. The van der Waals surface area contributed by atoms with Crippen LogP contribution in [0.5, 0.6) is 5.75 Å². The van der Waals surface area contributed by atoms with Crippen LogP contribution in [0.4, 0.5) is 18.9 Å². The van der Waals surface area contributed by atoms with Gasteiger partial charge in [-0.25, -0.2) is 13.4 Å². The summed E-state index contributed by atoms with van der Waals surface area (Å²) in [7, 11) is -2.63. The summed E-state index contributed by atoms with van der Waals surface area (Å²) in [6, 6.07) is 4.89. The summed E-state index contributed by atoms with van der Waals surface area (Å²) in [5, 5.41) is 3.74. The minimum atomic E-state index is -4.88. The first-order valence-corrected chi connectivity index (χ1v) is 9.73. The Morgan fingerprint density at radius 2 is 1.83 bits per heavy atom. The molecule has 0 radical (unpaired) electrons. The van der Waals surface area contributed by atoms with E-state index >= 15 is 0 Å². The topological polar surface area (TPSA) is 130 Å². The molecule has 0 bridgehead atoms. The van der Waals surface area contributed by atoms with Crippen molar-refractivity contribution in [2.75, 3.05) is 12.8 Å². The summed E-state index contributed by atoms with van der Waals surface area (Å²) >= 11 is 0. The molecule has 0 aliphatic carbocycles. The van der Waals surface area contributed by atoms with Gasteiger partial charge in [0.05, 0.1) is 15.5 Å². The van der Waals surface area contributed by atoms with Gasteiger partial charge in [0.2, 0.25) is 15.7 Å². The predicted molar refractivity (Wildman–Crippen MR) is 95.9 cm³/mol. The van der Waals surface area contributed by atoms with Crippen molar-refractivity contribution < 1.29 is 35.6 Å². The van der Waals surface area contributed by atoms with Gasteiger partial charge in [0.25, 0.3) is 5.89 Å². The molecule has 2 heterocycles. The third-order valence-electron chi connectivity index (χ3n) is 3.93. The third-order valence-corrected chi connectivity index (χ3v) is 5.67. The Bertz CT molecular complexity index is 1150. The number of nitrogens with two attached hydrogens (primary N) is 1. The van der Waals surface area contributed by atoms with Crippen molar-refractivity contribution in [3.63, 3.8) is 0 Å². The number of aromatic nitrogens is 3. The number of rotatable bonds is 6. The molecule has 3 rings (SSSR count). The number of benzene rings is 1. The Hall–Kier alpha value is -3.19. The van der Waals surface area contributed by atoms with E-state index < -0.39 is 28.1 Å². The fourth-order valence-electron chi connectivity index (χ4n) is 2.35. The van der Waals surface area contributed by atoms with Crippen LogP contribution in [0.3, 0.4) is 0 Å². The first kappa shape index (κ1) is 21.5. The molecule has 1 aromatic carbocycles. The zero-order valence-electron chi connectivity index (χ0n) is 15.5. The highest BCUT2D eigenvalue weighted by Gasteiger charge is 2.31. The molecule has 0 saturated heterocycles. The highest BCUT2D eigenvalue weighted by molar-refractivity contribution is 7.91. The number of alkyl halides is 3. The third kappa shape index (κ3) is 4.52. The number of pyridine rings is 1. The molecule has 30 heavy (non-hydrogen) atoms. The van der Waals surface area contributed by atoms with Crippen molar-refractivity contribution >= 4 is 15.5 Å².